The number of alkyl halides is 3. The molecule has 2 heterocycles. The van der Waals surface area contributed by atoms with E-state index in [1.807, 2.05) is 6.07 Å². The van der Waals surface area contributed by atoms with Crippen LogP contribution in [0.25, 0.3) is 0 Å². The molecule has 0 bridgehead atoms. The second-order valence-corrected chi connectivity index (χ2v) is 7.01. The fourth-order valence-corrected chi connectivity index (χ4v) is 3.13. The highest BCUT2D eigenvalue weighted by Gasteiger charge is 2.31. The van der Waals surface area contributed by atoms with Crippen LogP contribution in [-0.4, -0.2) is 36.2 Å². The number of ether oxygens (including phenoxy) is 1. The second kappa shape index (κ2) is 7.34. The maximum atomic E-state index is 12.7. The largest absolute Gasteiger partial charge is 0.416 e. The van der Waals surface area contributed by atoms with Crippen LogP contribution in [0.2, 0.25) is 0 Å². The fourth-order valence-electron chi connectivity index (χ4n) is 3.13. The third-order valence-electron chi connectivity index (χ3n) is 4.92. The Balaban J connectivity index is 1.44. The summed E-state index contributed by atoms with van der Waals surface area (Å²) in [6, 6.07) is 7.08. The van der Waals surface area contributed by atoms with Gasteiger partial charge in [0.05, 0.1) is 12.2 Å². The summed E-state index contributed by atoms with van der Waals surface area (Å²) in [5, 5.41) is 3.33. The lowest BCUT2D eigenvalue weighted by Crippen LogP contribution is -2.39. The molecule has 0 spiro atoms. The van der Waals surface area contributed by atoms with Crippen molar-refractivity contribution in [1.82, 2.24) is 9.97 Å². The highest BCUT2D eigenvalue weighted by Crippen LogP contribution is 2.32. The van der Waals surface area contributed by atoms with Crippen molar-refractivity contribution in [2.45, 2.75) is 25.1 Å². The van der Waals surface area contributed by atoms with Gasteiger partial charge >= 0.3 is 6.18 Å². The molecule has 4 rings (SSSR count). The van der Waals surface area contributed by atoms with Gasteiger partial charge in [0.1, 0.15) is 24.1 Å². The Bertz CT molecular complexity index is 777. The molecule has 27 heavy (non-hydrogen) atoms. The second-order valence-electron chi connectivity index (χ2n) is 7.01. The first-order valence-electron chi connectivity index (χ1n) is 9.08. The molecule has 2 fully saturated rings. The van der Waals surface area contributed by atoms with E-state index in [2.05, 4.69) is 20.2 Å². The first kappa shape index (κ1) is 18.0. The first-order chi connectivity index (χ1) is 13.0. The molecule has 1 aliphatic carbocycles. The Morgan fingerprint density at radius 2 is 1.93 bits per heavy atom. The van der Waals surface area contributed by atoms with Crippen LogP contribution in [0.15, 0.2) is 36.7 Å². The molecule has 5 nitrogen and oxygen atoms in total. The van der Waals surface area contributed by atoms with E-state index in [-0.39, 0.29) is 6.10 Å². The van der Waals surface area contributed by atoms with E-state index in [4.69, 9.17) is 4.74 Å². The molecule has 2 aliphatic rings. The predicted octanol–water partition coefficient (Wildman–Crippen LogP) is 3.90. The number of morpholine rings is 1. The molecule has 1 saturated carbocycles. The number of halogens is 3. The van der Waals surface area contributed by atoms with Crippen molar-refractivity contribution < 1.29 is 17.9 Å². The summed E-state index contributed by atoms with van der Waals surface area (Å²) in [4.78, 5) is 10.7. The number of rotatable bonds is 5. The van der Waals surface area contributed by atoms with Crippen LogP contribution in [-0.2, 0) is 10.9 Å². The van der Waals surface area contributed by atoms with Gasteiger partial charge in [-0.3, -0.25) is 0 Å². The molecular formula is C19H21F3N4O. The van der Waals surface area contributed by atoms with E-state index in [9.17, 15) is 13.2 Å². The highest BCUT2D eigenvalue weighted by atomic mass is 19.4. The maximum Gasteiger partial charge on any atom is 0.416 e. The van der Waals surface area contributed by atoms with E-state index in [0.29, 0.717) is 19.7 Å². The number of benzene rings is 1. The fraction of sp³-hybridized carbons (Fsp3) is 0.474. The van der Waals surface area contributed by atoms with Gasteiger partial charge in [-0.25, -0.2) is 9.97 Å². The van der Waals surface area contributed by atoms with Gasteiger partial charge < -0.3 is 15.0 Å². The average molecular weight is 378 g/mol. The molecule has 8 heteroatoms. The molecule has 1 aliphatic heterocycles. The number of nitrogens with zero attached hydrogens (tertiary/aromatic N) is 3. The number of aromatic nitrogens is 2. The minimum Gasteiger partial charge on any atom is -0.370 e. The minimum absolute atomic E-state index is 0.293. The van der Waals surface area contributed by atoms with Crippen molar-refractivity contribution in [1.29, 1.82) is 0 Å². The van der Waals surface area contributed by atoms with Crippen molar-refractivity contribution in [2.75, 3.05) is 36.5 Å². The molecule has 1 aromatic carbocycles. The molecule has 1 unspecified atom stereocenters. The zero-order valence-electron chi connectivity index (χ0n) is 14.7. The molecule has 144 valence electrons. The van der Waals surface area contributed by atoms with Gasteiger partial charge in [0.2, 0.25) is 0 Å². The van der Waals surface area contributed by atoms with E-state index in [1.165, 1.54) is 31.3 Å². The van der Waals surface area contributed by atoms with Crippen molar-refractivity contribution in [3.63, 3.8) is 0 Å². The van der Waals surface area contributed by atoms with E-state index in [1.54, 1.807) is 0 Å². The minimum atomic E-state index is -4.33. The monoisotopic (exact) mass is 378 g/mol. The van der Waals surface area contributed by atoms with Crippen LogP contribution in [0.4, 0.5) is 24.8 Å². The third kappa shape index (κ3) is 4.50. The Kier molecular flexibility index (Phi) is 4.90. The lowest BCUT2D eigenvalue weighted by atomic mass is 10.1. The normalized spacial score (nSPS) is 20.6. The summed E-state index contributed by atoms with van der Waals surface area (Å²) in [6.07, 6.45) is -0.554. The predicted molar refractivity (Wildman–Crippen MR) is 95.6 cm³/mol. The average Bonchev–Trinajstić information content (AvgIpc) is 3.51. The molecular weight excluding hydrogens is 357 g/mol. The van der Waals surface area contributed by atoms with Crippen molar-refractivity contribution >= 4 is 11.6 Å². The molecule has 0 radical (unpaired) electrons. The molecule has 1 N–H and O–H groups in total. The Morgan fingerprint density at radius 3 is 2.63 bits per heavy atom. The van der Waals surface area contributed by atoms with Gasteiger partial charge in [-0.2, -0.15) is 13.2 Å². The van der Waals surface area contributed by atoms with Gasteiger partial charge in [0.25, 0.3) is 0 Å². The van der Waals surface area contributed by atoms with Gasteiger partial charge in [-0.1, -0.05) is 12.1 Å². The Labute approximate surface area is 155 Å². The SMILES string of the molecule is FC(F)(F)c1ccc(C2CN(c3cc(NCC4CC4)ncn3)CCO2)cc1. The molecule has 0 amide bonds. The number of hydrogen-bond acceptors (Lipinski definition) is 5. The summed E-state index contributed by atoms with van der Waals surface area (Å²) < 4.78 is 44.0. The van der Waals surface area contributed by atoms with Crippen LogP contribution in [0.5, 0.6) is 0 Å². The van der Waals surface area contributed by atoms with Gasteiger partial charge in [-0.05, 0) is 36.5 Å². The molecule has 1 atom stereocenters. The van der Waals surface area contributed by atoms with Gasteiger partial charge in [-0.15, -0.1) is 0 Å². The van der Waals surface area contributed by atoms with Gasteiger partial charge in [0, 0.05) is 25.7 Å². The number of nitrogens with one attached hydrogen (secondary N) is 1. The number of anilines is 2. The first-order valence-corrected chi connectivity index (χ1v) is 9.08. The smallest absolute Gasteiger partial charge is 0.370 e. The van der Waals surface area contributed by atoms with E-state index < -0.39 is 11.7 Å². The van der Waals surface area contributed by atoms with Gasteiger partial charge in [0.15, 0.2) is 0 Å². The quantitative estimate of drug-likeness (QED) is 0.855. The number of hydrogen-bond donors (Lipinski definition) is 1. The Hall–Kier alpha value is -2.35. The van der Waals surface area contributed by atoms with Crippen LogP contribution in [0, 0.1) is 5.92 Å². The molecule has 2 aromatic rings. The zero-order valence-corrected chi connectivity index (χ0v) is 14.7. The maximum absolute atomic E-state index is 12.7. The lowest BCUT2D eigenvalue weighted by molar-refractivity contribution is -0.137. The Morgan fingerprint density at radius 1 is 1.15 bits per heavy atom. The van der Waals surface area contributed by atoms with E-state index >= 15 is 0 Å². The van der Waals surface area contributed by atoms with Crippen LogP contribution in [0.3, 0.4) is 0 Å². The van der Waals surface area contributed by atoms with Crippen LogP contribution < -0.4 is 10.2 Å². The summed E-state index contributed by atoms with van der Waals surface area (Å²) >= 11 is 0. The molecule has 1 saturated heterocycles. The lowest BCUT2D eigenvalue weighted by Gasteiger charge is -2.34. The standard InChI is InChI=1S/C19H21F3N4O/c20-19(21,22)15-5-3-14(4-6-15)16-11-26(7-8-27-16)18-9-17(24-12-25-18)23-10-13-1-2-13/h3-6,9,12-13,16H,1-2,7-8,10-11H2,(H,23,24,25). The third-order valence-corrected chi connectivity index (χ3v) is 4.92. The molecule has 1 aromatic heterocycles. The van der Waals surface area contributed by atoms with E-state index in [0.717, 1.165) is 41.8 Å². The van der Waals surface area contributed by atoms with Crippen molar-refractivity contribution in [3.8, 4) is 0 Å². The topological polar surface area (TPSA) is 50.3 Å². The summed E-state index contributed by atoms with van der Waals surface area (Å²) in [5.41, 5.74) is 0.0786. The summed E-state index contributed by atoms with van der Waals surface area (Å²) in [6.45, 7) is 2.62. The van der Waals surface area contributed by atoms with Crippen LogP contribution >= 0.6 is 0 Å². The van der Waals surface area contributed by atoms with Crippen molar-refractivity contribution in [2.24, 2.45) is 5.92 Å². The van der Waals surface area contributed by atoms with Crippen molar-refractivity contribution in [3.05, 3.63) is 47.8 Å². The summed E-state index contributed by atoms with van der Waals surface area (Å²) in [7, 11) is 0. The van der Waals surface area contributed by atoms with Crippen LogP contribution in [0.1, 0.15) is 30.1 Å². The summed E-state index contributed by atoms with van der Waals surface area (Å²) in [5.74, 6) is 2.34. The zero-order chi connectivity index (χ0) is 18.9. The highest BCUT2D eigenvalue weighted by molar-refractivity contribution is 5.49.